The monoisotopic (exact) mass is 567 g/mol. The van der Waals surface area contributed by atoms with E-state index in [2.05, 4.69) is 31.8 Å². The van der Waals surface area contributed by atoms with Gasteiger partial charge in [0, 0.05) is 36.8 Å². The number of aromatic nitrogens is 1. The summed E-state index contributed by atoms with van der Waals surface area (Å²) in [5.41, 5.74) is 7.77. The van der Waals surface area contributed by atoms with Crippen molar-refractivity contribution in [1.29, 1.82) is 0 Å². The van der Waals surface area contributed by atoms with Gasteiger partial charge in [0.1, 0.15) is 0 Å². The number of fused-ring (bicyclic) bond motifs is 1. The number of rotatable bonds is 7. The van der Waals surface area contributed by atoms with Crippen molar-refractivity contribution in [2.75, 3.05) is 22.1 Å². The lowest BCUT2D eigenvalue weighted by atomic mass is 10.1. The lowest BCUT2D eigenvalue weighted by Crippen LogP contribution is -2.42. The highest BCUT2D eigenvalue weighted by atomic mass is 19.4. The average Bonchev–Trinajstić information content (AvgIpc) is 3.71. The molecule has 2 aliphatic rings. The molecule has 5 rings (SSSR count). The van der Waals surface area contributed by atoms with Crippen LogP contribution in [0.1, 0.15) is 44.2 Å². The Morgan fingerprint density at radius 3 is 2.56 bits per heavy atom. The number of hydrazine groups is 1. The highest BCUT2D eigenvalue weighted by Gasteiger charge is 2.36. The Labute approximate surface area is 235 Å². The zero-order valence-electron chi connectivity index (χ0n) is 22.7. The second-order valence-corrected chi connectivity index (χ2v) is 10.6. The first-order chi connectivity index (χ1) is 19.5. The molecule has 0 saturated carbocycles. The van der Waals surface area contributed by atoms with Gasteiger partial charge in [0.05, 0.1) is 22.6 Å². The maximum absolute atomic E-state index is 13.5. The molecule has 9 nitrogen and oxygen atoms in total. The van der Waals surface area contributed by atoms with E-state index in [0.717, 1.165) is 17.7 Å². The number of pyridine rings is 1. The minimum atomic E-state index is -4.48. The van der Waals surface area contributed by atoms with Crippen LogP contribution in [-0.4, -0.2) is 35.2 Å². The molecule has 0 radical (unpaired) electrons. The van der Waals surface area contributed by atoms with Crippen LogP contribution in [-0.2, 0) is 17.5 Å². The van der Waals surface area contributed by atoms with Crippen LogP contribution in [0, 0.1) is 0 Å². The van der Waals surface area contributed by atoms with Crippen molar-refractivity contribution in [2.24, 2.45) is 0 Å². The SMILES string of the molecule is C[C@@H]1CCNc2ccc(-c3cccc(C(F)(F)F)c3)nc2N1C(=O)Nc1ccc(CNC(=O)CCC2(C)NN2)cc1. The molecule has 3 amide bonds. The van der Waals surface area contributed by atoms with Crippen molar-refractivity contribution in [2.45, 2.75) is 57.5 Å². The maximum Gasteiger partial charge on any atom is 0.416 e. The van der Waals surface area contributed by atoms with Gasteiger partial charge < -0.3 is 16.0 Å². The van der Waals surface area contributed by atoms with E-state index in [1.54, 1.807) is 30.3 Å². The van der Waals surface area contributed by atoms with Crippen molar-refractivity contribution >= 4 is 29.1 Å². The molecule has 1 aromatic heterocycles. The molecule has 0 spiro atoms. The number of anilines is 3. The highest BCUT2D eigenvalue weighted by molar-refractivity contribution is 6.03. The van der Waals surface area contributed by atoms with Crippen molar-refractivity contribution in [1.82, 2.24) is 21.2 Å². The molecule has 2 aliphatic heterocycles. The molecule has 5 N–H and O–H groups in total. The standard InChI is InChI=1S/C29H32F3N7O2/c1-18-13-15-33-24-11-10-23(20-4-3-5-21(16-20)29(30,31)32)36-26(24)39(18)27(41)35-22-8-6-19(7-9-22)17-34-25(40)12-14-28(2)37-38-28/h3-11,16,18,33,37-38H,12-15,17H2,1-2H3,(H,34,40)(H,35,41)/t18-/m1/s1. The topological polar surface area (TPSA) is 130 Å². The zero-order valence-corrected chi connectivity index (χ0v) is 22.7. The summed E-state index contributed by atoms with van der Waals surface area (Å²) >= 11 is 0. The van der Waals surface area contributed by atoms with E-state index in [0.29, 0.717) is 60.8 Å². The van der Waals surface area contributed by atoms with Gasteiger partial charge >= 0.3 is 12.2 Å². The van der Waals surface area contributed by atoms with E-state index in [1.807, 2.05) is 26.0 Å². The van der Waals surface area contributed by atoms with Crippen molar-refractivity contribution in [3.63, 3.8) is 0 Å². The summed E-state index contributed by atoms with van der Waals surface area (Å²) in [5.74, 6) is 0.297. The summed E-state index contributed by atoms with van der Waals surface area (Å²) in [4.78, 5) is 31.8. The van der Waals surface area contributed by atoms with Gasteiger partial charge in [0.2, 0.25) is 5.91 Å². The Balaban J connectivity index is 1.29. The molecule has 0 aliphatic carbocycles. The Bertz CT molecular complexity index is 1420. The largest absolute Gasteiger partial charge is 0.416 e. The van der Waals surface area contributed by atoms with Crippen molar-refractivity contribution in [3.05, 3.63) is 71.8 Å². The van der Waals surface area contributed by atoms with Crippen LogP contribution >= 0.6 is 0 Å². The van der Waals surface area contributed by atoms with Crippen molar-refractivity contribution in [3.8, 4) is 11.3 Å². The zero-order chi connectivity index (χ0) is 29.2. The first kappa shape index (κ1) is 28.4. The van der Waals surface area contributed by atoms with Gasteiger partial charge in [-0.3, -0.25) is 9.69 Å². The van der Waals surface area contributed by atoms with Crippen LogP contribution in [0.15, 0.2) is 60.7 Å². The fraction of sp³-hybridized carbons (Fsp3) is 0.345. The Morgan fingerprint density at radius 1 is 1.10 bits per heavy atom. The van der Waals surface area contributed by atoms with Crippen LogP contribution < -0.4 is 31.7 Å². The van der Waals surface area contributed by atoms with E-state index >= 15 is 0 Å². The molecule has 12 heteroatoms. The number of urea groups is 1. The molecule has 1 atom stereocenters. The predicted molar refractivity (Wildman–Crippen MR) is 151 cm³/mol. The van der Waals surface area contributed by atoms with Crippen LogP contribution in [0.2, 0.25) is 0 Å². The van der Waals surface area contributed by atoms with Gasteiger partial charge in [0.25, 0.3) is 0 Å². The Kier molecular flexibility index (Phi) is 7.87. The maximum atomic E-state index is 13.5. The number of hydrogen-bond donors (Lipinski definition) is 5. The van der Waals surface area contributed by atoms with E-state index in [1.165, 1.54) is 11.0 Å². The number of hydrogen-bond acceptors (Lipinski definition) is 6. The number of nitrogens with zero attached hydrogens (tertiary/aromatic N) is 2. The molecular weight excluding hydrogens is 535 g/mol. The average molecular weight is 568 g/mol. The highest BCUT2D eigenvalue weighted by Crippen LogP contribution is 2.35. The predicted octanol–water partition coefficient (Wildman–Crippen LogP) is 5.23. The summed E-state index contributed by atoms with van der Waals surface area (Å²) in [7, 11) is 0. The minimum absolute atomic E-state index is 0.0430. The third kappa shape index (κ3) is 6.95. The van der Waals surface area contributed by atoms with Crippen LogP contribution in [0.3, 0.4) is 0 Å². The van der Waals surface area contributed by atoms with E-state index in [4.69, 9.17) is 0 Å². The fourth-order valence-electron chi connectivity index (χ4n) is 4.61. The lowest BCUT2D eigenvalue weighted by Gasteiger charge is -2.27. The van der Waals surface area contributed by atoms with Gasteiger partial charge in [-0.25, -0.2) is 20.6 Å². The Morgan fingerprint density at radius 2 is 1.85 bits per heavy atom. The van der Waals surface area contributed by atoms with Gasteiger partial charge in [-0.05, 0) is 68.7 Å². The molecular formula is C29H32F3N7O2. The second kappa shape index (κ2) is 11.4. The molecule has 0 bridgehead atoms. The van der Waals surface area contributed by atoms with Gasteiger partial charge in [0.15, 0.2) is 5.82 Å². The number of amides is 3. The van der Waals surface area contributed by atoms with E-state index in [-0.39, 0.29) is 17.6 Å². The molecule has 1 saturated heterocycles. The molecule has 216 valence electrons. The molecule has 41 heavy (non-hydrogen) atoms. The summed E-state index contributed by atoms with van der Waals surface area (Å²) in [6.07, 6.45) is -2.74. The number of halogens is 3. The number of benzene rings is 2. The number of carbonyl (C=O) groups excluding carboxylic acids is 2. The number of carbonyl (C=O) groups is 2. The smallest absolute Gasteiger partial charge is 0.382 e. The van der Waals surface area contributed by atoms with Crippen molar-refractivity contribution < 1.29 is 22.8 Å². The molecule has 3 aromatic rings. The number of alkyl halides is 3. The van der Waals surface area contributed by atoms with Crippen LogP contribution in [0.5, 0.6) is 0 Å². The third-order valence-electron chi connectivity index (χ3n) is 7.22. The normalized spacial score (nSPS) is 17.6. The van der Waals surface area contributed by atoms with E-state index in [9.17, 15) is 22.8 Å². The molecule has 2 aromatic carbocycles. The molecule has 1 fully saturated rings. The van der Waals surface area contributed by atoms with E-state index < -0.39 is 17.8 Å². The lowest BCUT2D eigenvalue weighted by molar-refractivity contribution is -0.137. The summed E-state index contributed by atoms with van der Waals surface area (Å²) < 4.78 is 39.9. The quantitative estimate of drug-likeness (QED) is 0.249. The third-order valence-corrected chi connectivity index (χ3v) is 7.22. The first-order valence-corrected chi connectivity index (χ1v) is 13.4. The molecule has 3 heterocycles. The van der Waals surface area contributed by atoms with Gasteiger partial charge in [-0.1, -0.05) is 24.3 Å². The summed E-state index contributed by atoms with van der Waals surface area (Å²) in [6, 6.07) is 14.9. The minimum Gasteiger partial charge on any atom is -0.382 e. The van der Waals surface area contributed by atoms with Gasteiger partial charge in [-0.2, -0.15) is 13.2 Å². The number of nitrogens with one attached hydrogen (secondary N) is 5. The second-order valence-electron chi connectivity index (χ2n) is 10.6. The summed E-state index contributed by atoms with van der Waals surface area (Å²) in [6.45, 7) is 4.86. The first-order valence-electron chi connectivity index (χ1n) is 13.4. The summed E-state index contributed by atoms with van der Waals surface area (Å²) in [5, 5.41) is 9.07. The van der Waals surface area contributed by atoms with Crippen LogP contribution in [0.25, 0.3) is 11.3 Å². The Hall–Kier alpha value is -4.16. The molecule has 0 unspecified atom stereocenters. The van der Waals surface area contributed by atoms with Gasteiger partial charge in [-0.15, -0.1) is 0 Å². The van der Waals surface area contributed by atoms with Crippen LogP contribution in [0.4, 0.5) is 35.2 Å². The fourth-order valence-corrected chi connectivity index (χ4v) is 4.61.